The average Bonchev–Trinajstić information content (AvgIpc) is 3.20. The predicted molar refractivity (Wildman–Crippen MR) is 96.8 cm³/mol. The molecule has 3 aromatic rings. The number of aromatic amines is 1. The molecule has 27 heavy (non-hydrogen) atoms. The van der Waals surface area contributed by atoms with Gasteiger partial charge < -0.3 is 4.57 Å². The second-order valence-electron chi connectivity index (χ2n) is 6.03. The van der Waals surface area contributed by atoms with Crippen molar-refractivity contribution in [2.24, 2.45) is 0 Å². The molecule has 0 atom stereocenters. The van der Waals surface area contributed by atoms with E-state index in [-0.39, 0.29) is 11.5 Å². The van der Waals surface area contributed by atoms with Crippen molar-refractivity contribution in [1.29, 1.82) is 0 Å². The summed E-state index contributed by atoms with van der Waals surface area (Å²) in [7, 11) is 0. The molecule has 2 heterocycles. The fourth-order valence-electron chi connectivity index (χ4n) is 2.75. The highest BCUT2D eigenvalue weighted by Crippen LogP contribution is 2.25. The average molecular weight is 394 g/mol. The first-order chi connectivity index (χ1) is 12.7. The van der Waals surface area contributed by atoms with E-state index in [0.717, 1.165) is 21.9 Å². The number of hydrogen-bond acceptors (Lipinski definition) is 4. The molecular weight excluding hydrogens is 377 g/mol. The number of carbonyl (C=O) groups excluding carboxylic acids is 1. The lowest BCUT2D eigenvalue weighted by Gasteiger charge is -2.12. The van der Waals surface area contributed by atoms with E-state index in [0.29, 0.717) is 27.9 Å². The summed E-state index contributed by atoms with van der Waals surface area (Å²) in [5, 5.41) is 7.29. The summed E-state index contributed by atoms with van der Waals surface area (Å²) in [6.07, 6.45) is -4.34. The minimum Gasteiger partial charge on any atom is -0.339 e. The Morgan fingerprint density at radius 1 is 1.22 bits per heavy atom. The number of thioether (sulfide) groups is 1. The van der Waals surface area contributed by atoms with E-state index in [1.807, 2.05) is 30.3 Å². The van der Waals surface area contributed by atoms with Crippen LogP contribution < -0.4 is 0 Å². The van der Waals surface area contributed by atoms with Crippen molar-refractivity contribution >= 4 is 17.5 Å². The summed E-state index contributed by atoms with van der Waals surface area (Å²) in [5.41, 5.74) is 1.89. The van der Waals surface area contributed by atoms with E-state index in [2.05, 4.69) is 15.2 Å². The second kappa shape index (κ2) is 7.59. The molecule has 9 heteroatoms. The zero-order chi connectivity index (χ0) is 19.6. The van der Waals surface area contributed by atoms with Gasteiger partial charge in [0.15, 0.2) is 11.6 Å². The Morgan fingerprint density at radius 2 is 1.93 bits per heavy atom. The number of hydrogen-bond donors (Lipinski definition) is 1. The summed E-state index contributed by atoms with van der Waals surface area (Å²) in [5.74, 6) is 0.379. The number of H-pyrrole nitrogens is 1. The van der Waals surface area contributed by atoms with E-state index in [1.165, 1.54) is 13.0 Å². The Labute approximate surface area is 158 Å². The summed E-state index contributed by atoms with van der Waals surface area (Å²) >= 11 is 1.14. The van der Waals surface area contributed by atoms with Gasteiger partial charge in [-0.25, -0.2) is 4.98 Å². The summed E-state index contributed by atoms with van der Waals surface area (Å²) in [4.78, 5) is 16.8. The van der Waals surface area contributed by atoms with Crippen molar-refractivity contribution < 1.29 is 18.0 Å². The highest BCUT2D eigenvalue weighted by Gasteiger charge is 2.30. The second-order valence-corrected chi connectivity index (χ2v) is 6.97. The number of ketones is 1. The van der Waals surface area contributed by atoms with Gasteiger partial charge in [0, 0.05) is 22.5 Å². The quantitative estimate of drug-likeness (QED) is 0.496. The van der Waals surface area contributed by atoms with Crippen LogP contribution in [-0.2, 0) is 6.54 Å². The lowest BCUT2D eigenvalue weighted by molar-refractivity contribution is -0.141. The molecule has 0 amide bonds. The summed E-state index contributed by atoms with van der Waals surface area (Å²) < 4.78 is 39.2. The van der Waals surface area contributed by atoms with Gasteiger partial charge in [-0.2, -0.15) is 13.2 Å². The Bertz CT molecular complexity index is 947. The van der Waals surface area contributed by atoms with Crippen LogP contribution in [0.1, 0.15) is 21.7 Å². The van der Waals surface area contributed by atoms with Crippen LogP contribution in [0.15, 0.2) is 41.6 Å². The third-order valence-electron chi connectivity index (χ3n) is 4.06. The van der Waals surface area contributed by atoms with Crippen molar-refractivity contribution in [3.8, 4) is 11.4 Å². The SMILES string of the molecule is Cc1cc(C(=O)CSc2n[nH]c(-c3ccccc3)n2)c(C)n1CC(F)(F)F. The first-order valence-corrected chi connectivity index (χ1v) is 9.10. The Hall–Kier alpha value is -2.55. The van der Waals surface area contributed by atoms with E-state index in [9.17, 15) is 18.0 Å². The van der Waals surface area contributed by atoms with Gasteiger partial charge in [0.1, 0.15) is 6.54 Å². The van der Waals surface area contributed by atoms with Gasteiger partial charge in [0.05, 0.1) is 5.75 Å². The summed E-state index contributed by atoms with van der Waals surface area (Å²) in [6.45, 7) is 1.98. The third-order valence-corrected chi connectivity index (χ3v) is 4.90. The van der Waals surface area contributed by atoms with Crippen LogP contribution in [0.4, 0.5) is 13.2 Å². The van der Waals surface area contributed by atoms with Crippen molar-refractivity contribution in [1.82, 2.24) is 19.7 Å². The molecule has 1 aromatic carbocycles. The zero-order valence-electron chi connectivity index (χ0n) is 14.7. The van der Waals surface area contributed by atoms with Crippen LogP contribution in [0.25, 0.3) is 11.4 Å². The molecule has 5 nitrogen and oxygen atoms in total. The fraction of sp³-hybridized carbons (Fsp3) is 0.278. The number of alkyl halides is 3. The van der Waals surface area contributed by atoms with E-state index in [1.54, 1.807) is 6.92 Å². The van der Waals surface area contributed by atoms with Crippen molar-refractivity contribution in [3.63, 3.8) is 0 Å². The van der Waals surface area contributed by atoms with Gasteiger partial charge in [-0.3, -0.25) is 9.89 Å². The van der Waals surface area contributed by atoms with Crippen LogP contribution in [0.2, 0.25) is 0 Å². The number of aryl methyl sites for hydroxylation is 1. The molecule has 0 saturated heterocycles. The number of Topliss-reactive ketones (excluding diaryl/α,β-unsaturated/α-hetero) is 1. The lowest BCUT2D eigenvalue weighted by Crippen LogP contribution is -2.19. The molecule has 0 radical (unpaired) electrons. The molecule has 0 spiro atoms. The Kier molecular flexibility index (Phi) is 5.41. The minimum atomic E-state index is -4.34. The molecule has 0 bridgehead atoms. The van der Waals surface area contributed by atoms with Crippen molar-refractivity contribution in [2.45, 2.75) is 31.7 Å². The molecule has 1 N–H and O–H groups in total. The molecule has 0 aliphatic carbocycles. The van der Waals surface area contributed by atoms with Crippen LogP contribution in [-0.4, -0.2) is 37.5 Å². The van der Waals surface area contributed by atoms with Gasteiger partial charge in [-0.05, 0) is 19.9 Å². The molecule has 2 aromatic heterocycles. The predicted octanol–water partition coefficient (Wildman–Crippen LogP) is 4.43. The lowest BCUT2D eigenvalue weighted by atomic mass is 10.2. The Morgan fingerprint density at radius 3 is 2.59 bits per heavy atom. The topological polar surface area (TPSA) is 63.6 Å². The van der Waals surface area contributed by atoms with Gasteiger partial charge in [-0.1, -0.05) is 42.1 Å². The number of carbonyl (C=O) groups is 1. The van der Waals surface area contributed by atoms with E-state index in [4.69, 9.17) is 0 Å². The minimum absolute atomic E-state index is 0.0440. The first-order valence-electron chi connectivity index (χ1n) is 8.12. The highest BCUT2D eigenvalue weighted by molar-refractivity contribution is 7.99. The van der Waals surface area contributed by atoms with Crippen LogP contribution >= 0.6 is 11.8 Å². The zero-order valence-corrected chi connectivity index (χ0v) is 15.5. The third kappa shape index (κ3) is 4.60. The molecule has 3 rings (SSSR count). The number of halogens is 3. The van der Waals surface area contributed by atoms with E-state index < -0.39 is 12.7 Å². The number of benzene rings is 1. The van der Waals surface area contributed by atoms with Crippen molar-refractivity contribution in [2.75, 3.05) is 5.75 Å². The standard InChI is InChI=1S/C18H17F3N4OS/c1-11-8-14(12(2)25(11)10-18(19,20)21)15(26)9-27-17-22-16(23-24-17)13-6-4-3-5-7-13/h3-8H,9-10H2,1-2H3,(H,22,23,24). The van der Waals surface area contributed by atoms with Crippen LogP contribution in [0.3, 0.4) is 0 Å². The van der Waals surface area contributed by atoms with Crippen molar-refractivity contribution in [3.05, 3.63) is 53.3 Å². The van der Waals surface area contributed by atoms with Gasteiger partial charge in [0.2, 0.25) is 5.16 Å². The fourth-order valence-corrected chi connectivity index (χ4v) is 3.43. The maximum atomic E-state index is 12.7. The molecule has 0 fully saturated rings. The smallest absolute Gasteiger partial charge is 0.339 e. The number of rotatable bonds is 6. The Balaban J connectivity index is 1.68. The monoisotopic (exact) mass is 394 g/mol. The maximum Gasteiger partial charge on any atom is 0.406 e. The molecule has 0 aliphatic heterocycles. The highest BCUT2D eigenvalue weighted by atomic mass is 32.2. The van der Waals surface area contributed by atoms with Gasteiger partial charge in [0.25, 0.3) is 0 Å². The van der Waals surface area contributed by atoms with Crippen LogP contribution in [0, 0.1) is 13.8 Å². The maximum absolute atomic E-state index is 12.7. The van der Waals surface area contributed by atoms with E-state index >= 15 is 0 Å². The number of aromatic nitrogens is 4. The molecule has 142 valence electrons. The molecule has 0 aliphatic rings. The normalized spacial score (nSPS) is 11.7. The molecular formula is C18H17F3N4OS. The summed E-state index contributed by atoms with van der Waals surface area (Å²) in [6, 6.07) is 10.9. The first kappa shape index (κ1) is 19.2. The largest absolute Gasteiger partial charge is 0.406 e. The van der Waals surface area contributed by atoms with Crippen LogP contribution in [0.5, 0.6) is 0 Å². The molecule has 0 saturated carbocycles. The van der Waals surface area contributed by atoms with Gasteiger partial charge >= 0.3 is 6.18 Å². The number of nitrogens with one attached hydrogen (secondary N) is 1. The van der Waals surface area contributed by atoms with Gasteiger partial charge in [-0.15, -0.1) is 5.10 Å². The number of nitrogens with zero attached hydrogens (tertiary/aromatic N) is 3. The molecule has 0 unspecified atom stereocenters.